The van der Waals surface area contributed by atoms with Crippen molar-refractivity contribution in [1.29, 1.82) is 0 Å². The molecule has 0 aromatic carbocycles. The number of aromatic nitrogens is 1. The smallest absolute Gasteiger partial charge is 0.144 e. The zero-order valence-electron chi connectivity index (χ0n) is 6.05. The lowest BCUT2D eigenvalue weighted by molar-refractivity contribution is 1.23. The predicted molar refractivity (Wildman–Crippen MR) is 47.9 cm³/mol. The standard InChI is InChI=1S/C8H9ClN2/c1-2-5-10-8-7(9)4-3-6-11-8/h2-4,6H,1,5H2,(H,10,11). The summed E-state index contributed by atoms with van der Waals surface area (Å²) in [7, 11) is 0. The molecule has 1 heterocycles. The van der Waals surface area contributed by atoms with Crippen molar-refractivity contribution >= 4 is 17.4 Å². The van der Waals surface area contributed by atoms with Crippen molar-refractivity contribution < 1.29 is 0 Å². The highest BCUT2D eigenvalue weighted by Crippen LogP contribution is 2.16. The van der Waals surface area contributed by atoms with Gasteiger partial charge in [-0.2, -0.15) is 0 Å². The summed E-state index contributed by atoms with van der Waals surface area (Å²) in [6, 6.07) is 3.58. The second-order valence-corrected chi connectivity index (χ2v) is 2.41. The zero-order valence-corrected chi connectivity index (χ0v) is 6.80. The molecule has 1 aromatic rings. The van der Waals surface area contributed by atoms with E-state index >= 15 is 0 Å². The second kappa shape index (κ2) is 3.98. The molecule has 0 bridgehead atoms. The van der Waals surface area contributed by atoms with Crippen LogP contribution in [-0.4, -0.2) is 11.5 Å². The highest BCUT2D eigenvalue weighted by molar-refractivity contribution is 6.32. The Morgan fingerprint density at radius 1 is 1.73 bits per heavy atom. The highest BCUT2D eigenvalue weighted by Gasteiger charge is 1.95. The van der Waals surface area contributed by atoms with Crippen LogP contribution in [0.25, 0.3) is 0 Å². The maximum Gasteiger partial charge on any atom is 0.144 e. The Hall–Kier alpha value is -1.02. The Morgan fingerprint density at radius 3 is 3.18 bits per heavy atom. The quantitative estimate of drug-likeness (QED) is 0.701. The molecule has 0 saturated carbocycles. The van der Waals surface area contributed by atoms with E-state index in [2.05, 4.69) is 16.9 Å². The zero-order chi connectivity index (χ0) is 8.10. The maximum absolute atomic E-state index is 5.80. The Kier molecular flexibility index (Phi) is 2.93. The molecule has 11 heavy (non-hydrogen) atoms. The molecule has 0 fully saturated rings. The van der Waals surface area contributed by atoms with Crippen LogP contribution in [0.1, 0.15) is 0 Å². The summed E-state index contributed by atoms with van der Waals surface area (Å²) in [6.07, 6.45) is 3.45. The first kappa shape index (κ1) is 8.08. The first-order valence-corrected chi connectivity index (χ1v) is 3.67. The van der Waals surface area contributed by atoms with Crippen LogP contribution in [0.5, 0.6) is 0 Å². The van der Waals surface area contributed by atoms with Gasteiger partial charge in [-0.3, -0.25) is 0 Å². The number of halogens is 1. The van der Waals surface area contributed by atoms with Gasteiger partial charge in [0.15, 0.2) is 0 Å². The molecular weight excluding hydrogens is 160 g/mol. The first-order valence-electron chi connectivity index (χ1n) is 3.30. The van der Waals surface area contributed by atoms with Gasteiger partial charge in [-0.1, -0.05) is 17.7 Å². The summed E-state index contributed by atoms with van der Waals surface area (Å²) in [6.45, 7) is 4.25. The number of nitrogens with one attached hydrogen (secondary N) is 1. The lowest BCUT2D eigenvalue weighted by Crippen LogP contribution is -1.99. The normalized spacial score (nSPS) is 9.18. The van der Waals surface area contributed by atoms with Crippen LogP contribution < -0.4 is 5.32 Å². The predicted octanol–water partition coefficient (Wildman–Crippen LogP) is 2.33. The van der Waals surface area contributed by atoms with E-state index in [0.29, 0.717) is 17.4 Å². The summed E-state index contributed by atoms with van der Waals surface area (Å²) >= 11 is 5.80. The number of hydrogen-bond acceptors (Lipinski definition) is 2. The largest absolute Gasteiger partial charge is 0.365 e. The van der Waals surface area contributed by atoms with Gasteiger partial charge in [0, 0.05) is 12.7 Å². The number of pyridine rings is 1. The van der Waals surface area contributed by atoms with Gasteiger partial charge in [0.05, 0.1) is 5.02 Å². The molecule has 1 rings (SSSR count). The molecule has 1 N–H and O–H groups in total. The van der Waals surface area contributed by atoms with Gasteiger partial charge in [-0.15, -0.1) is 6.58 Å². The van der Waals surface area contributed by atoms with E-state index in [4.69, 9.17) is 11.6 Å². The average Bonchev–Trinajstić information content (AvgIpc) is 2.03. The van der Waals surface area contributed by atoms with Crippen molar-refractivity contribution in [2.45, 2.75) is 0 Å². The Balaban J connectivity index is 2.69. The lowest BCUT2D eigenvalue weighted by atomic mass is 10.4. The Morgan fingerprint density at radius 2 is 2.55 bits per heavy atom. The summed E-state index contributed by atoms with van der Waals surface area (Å²) in [5.41, 5.74) is 0. The third-order valence-corrected chi connectivity index (χ3v) is 1.48. The number of anilines is 1. The molecule has 58 valence electrons. The van der Waals surface area contributed by atoms with Crippen molar-refractivity contribution in [3.63, 3.8) is 0 Å². The molecule has 0 amide bonds. The van der Waals surface area contributed by atoms with Gasteiger partial charge in [0.25, 0.3) is 0 Å². The molecular formula is C8H9ClN2. The minimum absolute atomic E-state index is 0.634. The molecule has 0 unspecified atom stereocenters. The van der Waals surface area contributed by atoms with Gasteiger partial charge in [-0.05, 0) is 12.1 Å². The van der Waals surface area contributed by atoms with Gasteiger partial charge in [-0.25, -0.2) is 4.98 Å². The Labute approximate surface area is 70.9 Å². The van der Waals surface area contributed by atoms with Crippen molar-refractivity contribution in [3.05, 3.63) is 36.0 Å². The summed E-state index contributed by atoms with van der Waals surface area (Å²) < 4.78 is 0. The van der Waals surface area contributed by atoms with Crippen molar-refractivity contribution in [3.8, 4) is 0 Å². The van der Waals surface area contributed by atoms with E-state index in [9.17, 15) is 0 Å². The first-order chi connectivity index (χ1) is 5.34. The van der Waals surface area contributed by atoms with E-state index in [1.54, 1.807) is 24.4 Å². The second-order valence-electron chi connectivity index (χ2n) is 2.00. The molecule has 0 aliphatic heterocycles. The summed E-state index contributed by atoms with van der Waals surface area (Å²) in [5, 5.41) is 3.64. The molecule has 0 aliphatic rings. The molecule has 0 atom stereocenters. The molecule has 3 heteroatoms. The average molecular weight is 169 g/mol. The highest BCUT2D eigenvalue weighted by atomic mass is 35.5. The van der Waals surface area contributed by atoms with Crippen molar-refractivity contribution in [2.75, 3.05) is 11.9 Å². The van der Waals surface area contributed by atoms with Gasteiger partial charge >= 0.3 is 0 Å². The van der Waals surface area contributed by atoms with E-state index < -0.39 is 0 Å². The van der Waals surface area contributed by atoms with E-state index in [1.807, 2.05) is 0 Å². The molecule has 0 aliphatic carbocycles. The molecule has 0 saturated heterocycles. The van der Waals surface area contributed by atoms with Crippen LogP contribution in [0.3, 0.4) is 0 Å². The fraction of sp³-hybridized carbons (Fsp3) is 0.125. The third kappa shape index (κ3) is 2.24. The van der Waals surface area contributed by atoms with E-state index in [-0.39, 0.29) is 0 Å². The van der Waals surface area contributed by atoms with Crippen LogP contribution in [0, 0.1) is 0 Å². The Bertz CT molecular complexity index is 248. The number of rotatable bonds is 3. The van der Waals surface area contributed by atoms with E-state index in [1.165, 1.54) is 0 Å². The molecule has 1 aromatic heterocycles. The van der Waals surface area contributed by atoms with Crippen LogP contribution >= 0.6 is 11.6 Å². The monoisotopic (exact) mass is 168 g/mol. The van der Waals surface area contributed by atoms with Crippen LogP contribution in [0.15, 0.2) is 31.0 Å². The molecule has 0 radical (unpaired) electrons. The number of hydrogen-bond donors (Lipinski definition) is 1. The van der Waals surface area contributed by atoms with Crippen LogP contribution in [-0.2, 0) is 0 Å². The number of nitrogens with zero attached hydrogens (tertiary/aromatic N) is 1. The van der Waals surface area contributed by atoms with Crippen molar-refractivity contribution in [2.24, 2.45) is 0 Å². The minimum Gasteiger partial charge on any atom is -0.365 e. The minimum atomic E-state index is 0.634. The SMILES string of the molecule is C=CCNc1ncccc1Cl. The summed E-state index contributed by atoms with van der Waals surface area (Å²) in [5.74, 6) is 0.703. The molecule has 0 spiro atoms. The van der Waals surface area contributed by atoms with Crippen LogP contribution in [0.4, 0.5) is 5.82 Å². The lowest BCUT2D eigenvalue weighted by Gasteiger charge is -2.02. The van der Waals surface area contributed by atoms with Gasteiger partial charge in [0.2, 0.25) is 0 Å². The van der Waals surface area contributed by atoms with Crippen molar-refractivity contribution in [1.82, 2.24) is 4.98 Å². The topological polar surface area (TPSA) is 24.9 Å². The van der Waals surface area contributed by atoms with E-state index in [0.717, 1.165) is 0 Å². The third-order valence-electron chi connectivity index (χ3n) is 1.17. The fourth-order valence-corrected chi connectivity index (χ4v) is 0.873. The maximum atomic E-state index is 5.80. The van der Waals surface area contributed by atoms with Crippen LogP contribution in [0.2, 0.25) is 5.02 Å². The molecule has 2 nitrogen and oxygen atoms in total. The fourth-order valence-electron chi connectivity index (χ4n) is 0.685. The van der Waals surface area contributed by atoms with Gasteiger partial charge < -0.3 is 5.32 Å². The summed E-state index contributed by atoms with van der Waals surface area (Å²) in [4.78, 5) is 4.02. The van der Waals surface area contributed by atoms with Gasteiger partial charge in [0.1, 0.15) is 5.82 Å².